The van der Waals surface area contributed by atoms with E-state index in [9.17, 15) is 5.11 Å². The summed E-state index contributed by atoms with van der Waals surface area (Å²) in [6.07, 6.45) is 2.50. The normalized spacial score (nSPS) is 11.9. The van der Waals surface area contributed by atoms with Gasteiger partial charge in [0.15, 0.2) is 0 Å². The molecule has 0 aliphatic carbocycles. The Kier molecular flexibility index (Phi) is 3.07. The number of hydrogen-bond acceptors (Lipinski definition) is 3. The molecule has 102 valence electrons. The van der Waals surface area contributed by atoms with Gasteiger partial charge in [-0.25, -0.2) is 0 Å². The van der Waals surface area contributed by atoms with Gasteiger partial charge in [0.05, 0.1) is 5.69 Å². The molecule has 1 N–H and O–H groups in total. The summed E-state index contributed by atoms with van der Waals surface area (Å²) in [4.78, 5) is 4.46. The number of pyridine rings is 1. The van der Waals surface area contributed by atoms with Crippen molar-refractivity contribution in [3.63, 3.8) is 0 Å². The van der Waals surface area contributed by atoms with E-state index in [1.54, 1.807) is 20.0 Å². The van der Waals surface area contributed by atoms with Gasteiger partial charge in [-0.1, -0.05) is 30.3 Å². The third kappa shape index (κ3) is 2.45. The number of hydrogen-bond donors (Lipinski definition) is 1. The maximum Gasteiger partial charge on any atom is 0.137 e. The molecule has 0 saturated carbocycles. The molecule has 0 amide bonds. The molecule has 2 heterocycles. The number of furan rings is 1. The molecular formula is C17H17NO2. The Morgan fingerprint density at radius 1 is 1.15 bits per heavy atom. The van der Waals surface area contributed by atoms with Crippen LogP contribution in [0.4, 0.5) is 0 Å². The second-order valence-electron chi connectivity index (χ2n) is 5.50. The van der Waals surface area contributed by atoms with Gasteiger partial charge in [-0.15, -0.1) is 0 Å². The minimum Gasteiger partial charge on any atom is -0.458 e. The number of benzene rings is 1. The predicted molar refractivity (Wildman–Crippen MR) is 78.5 cm³/mol. The fourth-order valence-electron chi connectivity index (χ4n) is 2.25. The van der Waals surface area contributed by atoms with E-state index in [1.807, 2.05) is 30.3 Å². The Balaban J connectivity index is 2.05. The molecule has 0 unspecified atom stereocenters. The Labute approximate surface area is 117 Å². The van der Waals surface area contributed by atoms with Gasteiger partial charge in [0.2, 0.25) is 0 Å². The predicted octanol–water partition coefficient (Wildman–Crippen LogP) is 3.65. The van der Waals surface area contributed by atoms with Crippen molar-refractivity contribution in [2.45, 2.75) is 25.9 Å². The van der Waals surface area contributed by atoms with Crippen LogP contribution in [0.25, 0.3) is 11.0 Å². The smallest absolute Gasteiger partial charge is 0.137 e. The highest BCUT2D eigenvalue weighted by Crippen LogP contribution is 2.29. The summed E-state index contributed by atoms with van der Waals surface area (Å²) in [6.45, 7) is 3.43. The van der Waals surface area contributed by atoms with Crippen LogP contribution in [0.3, 0.4) is 0 Å². The second-order valence-corrected chi connectivity index (χ2v) is 5.50. The van der Waals surface area contributed by atoms with E-state index in [2.05, 4.69) is 17.1 Å². The van der Waals surface area contributed by atoms with E-state index in [0.717, 1.165) is 23.1 Å². The number of fused-ring (bicyclic) bond motifs is 1. The third-order valence-electron chi connectivity index (χ3n) is 3.35. The van der Waals surface area contributed by atoms with Crippen molar-refractivity contribution < 1.29 is 9.52 Å². The maximum absolute atomic E-state index is 10.1. The topological polar surface area (TPSA) is 46.3 Å². The molecule has 3 heteroatoms. The molecule has 0 spiro atoms. The standard InChI is InChI=1S/C17H17NO2/c1-17(2,19)16-11-13-14(18-9-8-15(13)20-16)10-12-6-4-3-5-7-12/h3-9,11,19H,10H2,1-2H3. The van der Waals surface area contributed by atoms with E-state index in [4.69, 9.17) is 4.42 Å². The Morgan fingerprint density at radius 3 is 2.60 bits per heavy atom. The second kappa shape index (κ2) is 4.76. The summed E-state index contributed by atoms with van der Waals surface area (Å²) < 4.78 is 5.72. The average Bonchev–Trinajstić information content (AvgIpc) is 2.85. The first-order valence-corrected chi connectivity index (χ1v) is 6.68. The van der Waals surface area contributed by atoms with Crippen molar-refractivity contribution in [3.05, 3.63) is 65.7 Å². The summed E-state index contributed by atoms with van der Waals surface area (Å²) in [5, 5.41) is 11.0. The molecule has 20 heavy (non-hydrogen) atoms. The first-order valence-electron chi connectivity index (χ1n) is 6.68. The summed E-state index contributed by atoms with van der Waals surface area (Å²) in [5.41, 5.74) is 1.96. The highest BCUT2D eigenvalue weighted by atomic mass is 16.4. The van der Waals surface area contributed by atoms with Crippen LogP contribution in [-0.2, 0) is 12.0 Å². The van der Waals surface area contributed by atoms with Crippen LogP contribution in [-0.4, -0.2) is 10.1 Å². The number of aromatic nitrogens is 1. The van der Waals surface area contributed by atoms with E-state index >= 15 is 0 Å². The van der Waals surface area contributed by atoms with Crippen LogP contribution in [0.15, 0.2) is 53.1 Å². The molecule has 1 aromatic carbocycles. The zero-order valence-corrected chi connectivity index (χ0v) is 11.6. The lowest BCUT2D eigenvalue weighted by atomic mass is 10.0. The summed E-state index contributed by atoms with van der Waals surface area (Å²) >= 11 is 0. The summed E-state index contributed by atoms with van der Waals surface area (Å²) in [6, 6.07) is 13.9. The first kappa shape index (κ1) is 12.9. The molecule has 0 bridgehead atoms. The maximum atomic E-state index is 10.1. The van der Waals surface area contributed by atoms with Gasteiger partial charge in [0.25, 0.3) is 0 Å². The minimum absolute atomic E-state index is 0.565. The molecule has 3 nitrogen and oxygen atoms in total. The third-order valence-corrected chi connectivity index (χ3v) is 3.35. The lowest BCUT2D eigenvalue weighted by Gasteiger charge is -2.12. The Morgan fingerprint density at radius 2 is 1.90 bits per heavy atom. The van der Waals surface area contributed by atoms with E-state index in [1.165, 1.54) is 5.56 Å². The Hall–Kier alpha value is -2.13. The van der Waals surface area contributed by atoms with E-state index < -0.39 is 5.60 Å². The molecule has 3 rings (SSSR count). The zero-order chi connectivity index (χ0) is 14.2. The van der Waals surface area contributed by atoms with Crippen LogP contribution in [0.5, 0.6) is 0 Å². The van der Waals surface area contributed by atoms with E-state index in [0.29, 0.717) is 5.76 Å². The molecule has 3 aromatic rings. The molecule has 0 radical (unpaired) electrons. The minimum atomic E-state index is -0.983. The van der Waals surface area contributed by atoms with Crippen LogP contribution in [0.2, 0.25) is 0 Å². The van der Waals surface area contributed by atoms with Gasteiger partial charge >= 0.3 is 0 Å². The average molecular weight is 267 g/mol. The van der Waals surface area contributed by atoms with Crippen molar-refractivity contribution in [1.82, 2.24) is 4.98 Å². The molecule has 2 aromatic heterocycles. The molecular weight excluding hydrogens is 250 g/mol. The summed E-state index contributed by atoms with van der Waals surface area (Å²) in [5.74, 6) is 0.565. The number of nitrogens with zero attached hydrogens (tertiary/aromatic N) is 1. The molecule has 0 fully saturated rings. The lowest BCUT2D eigenvalue weighted by Crippen LogP contribution is -2.13. The molecule has 0 aliphatic heterocycles. The number of aliphatic hydroxyl groups is 1. The molecule has 0 atom stereocenters. The van der Waals surface area contributed by atoms with Crippen molar-refractivity contribution in [2.75, 3.05) is 0 Å². The molecule has 0 aliphatic rings. The van der Waals surface area contributed by atoms with Crippen LogP contribution >= 0.6 is 0 Å². The van der Waals surface area contributed by atoms with Crippen LogP contribution < -0.4 is 0 Å². The summed E-state index contributed by atoms with van der Waals surface area (Å²) in [7, 11) is 0. The quantitative estimate of drug-likeness (QED) is 0.788. The van der Waals surface area contributed by atoms with Gasteiger partial charge in [0, 0.05) is 18.0 Å². The van der Waals surface area contributed by atoms with E-state index in [-0.39, 0.29) is 0 Å². The monoisotopic (exact) mass is 267 g/mol. The molecule has 0 saturated heterocycles. The van der Waals surface area contributed by atoms with Gasteiger partial charge in [-0.05, 0) is 31.5 Å². The SMILES string of the molecule is CC(C)(O)c1cc2c(Cc3ccccc3)nccc2o1. The van der Waals surface area contributed by atoms with Crippen molar-refractivity contribution in [3.8, 4) is 0 Å². The van der Waals surface area contributed by atoms with Crippen molar-refractivity contribution in [1.29, 1.82) is 0 Å². The van der Waals surface area contributed by atoms with Crippen molar-refractivity contribution in [2.24, 2.45) is 0 Å². The highest BCUT2D eigenvalue weighted by molar-refractivity contribution is 5.80. The fraction of sp³-hybridized carbons (Fsp3) is 0.235. The zero-order valence-electron chi connectivity index (χ0n) is 11.6. The van der Waals surface area contributed by atoms with Gasteiger partial charge in [0.1, 0.15) is 16.9 Å². The fourth-order valence-corrected chi connectivity index (χ4v) is 2.25. The van der Waals surface area contributed by atoms with Crippen LogP contribution in [0, 0.1) is 0 Å². The largest absolute Gasteiger partial charge is 0.458 e. The van der Waals surface area contributed by atoms with Gasteiger partial charge < -0.3 is 9.52 Å². The van der Waals surface area contributed by atoms with Crippen LogP contribution in [0.1, 0.15) is 30.9 Å². The highest BCUT2D eigenvalue weighted by Gasteiger charge is 2.22. The Bertz CT molecular complexity index is 724. The van der Waals surface area contributed by atoms with Gasteiger partial charge in [-0.3, -0.25) is 4.98 Å². The van der Waals surface area contributed by atoms with Gasteiger partial charge in [-0.2, -0.15) is 0 Å². The first-order chi connectivity index (χ1) is 9.54. The van der Waals surface area contributed by atoms with Crippen molar-refractivity contribution >= 4 is 11.0 Å². The number of rotatable bonds is 3. The lowest BCUT2D eigenvalue weighted by molar-refractivity contribution is 0.0559.